The SMILES string of the molecule is CC(=O)N[C@H](Cc1ccccc1)C(=O)N1CCC[C@H]1C(=O)N[C@@H](CCCN=C(N)N)C(=O)Nc1ccc(C(O)C(=O)c2ccccc2)cc1. The summed E-state index contributed by atoms with van der Waals surface area (Å²) in [5.74, 6) is -2.29. The minimum absolute atomic E-state index is 0.0950. The smallest absolute Gasteiger partial charge is 0.246 e. The second-order valence-corrected chi connectivity index (χ2v) is 11.9. The third kappa shape index (κ3) is 10.5. The molecule has 3 aromatic rings. The molecule has 1 fully saturated rings. The van der Waals surface area contributed by atoms with Crippen LogP contribution in [0, 0.1) is 0 Å². The van der Waals surface area contributed by atoms with Crippen LogP contribution < -0.4 is 27.4 Å². The number of nitrogens with zero attached hydrogens (tertiary/aromatic N) is 2. The summed E-state index contributed by atoms with van der Waals surface area (Å²) >= 11 is 0. The zero-order chi connectivity index (χ0) is 35.3. The average Bonchev–Trinajstić information content (AvgIpc) is 3.59. The van der Waals surface area contributed by atoms with Crippen LogP contribution in [0.15, 0.2) is 89.9 Å². The van der Waals surface area contributed by atoms with Crippen LogP contribution in [0.1, 0.15) is 60.2 Å². The predicted octanol–water partition coefficient (Wildman–Crippen LogP) is 1.82. The summed E-state index contributed by atoms with van der Waals surface area (Å²) in [7, 11) is 0. The van der Waals surface area contributed by atoms with Crippen molar-refractivity contribution in [3.05, 3.63) is 102 Å². The van der Waals surface area contributed by atoms with Gasteiger partial charge in [0.15, 0.2) is 11.7 Å². The summed E-state index contributed by atoms with van der Waals surface area (Å²) in [6.45, 7) is 1.90. The summed E-state index contributed by atoms with van der Waals surface area (Å²) in [5.41, 5.74) is 12.8. The van der Waals surface area contributed by atoms with E-state index < -0.39 is 41.8 Å². The number of nitrogens with one attached hydrogen (secondary N) is 3. The molecule has 0 aliphatic carbocycles. The van der Waals surface area contributed by atoms with Crippen molar-refractivity contribution < 1.29 is 29.1 Å². The van der Waals surface area contributed by atoms with Crippen molar-refractivity contribution in [2.45, 2.75) is 63.3 Å². The molecule has 0 bridgehead atoms. The molecule has 13 nitrogen and oxygen atoms in total. The molecule has 0 spiro atoms. The second-order valence-electron chi connectivity index (χ2n) is 11.9. The number of guanidine groups is 1. The van der Waals surface area contributed by atoms with Gasteiger partial charge in [-0.15, -0.1) is 0 Å². The highest BCUT2D eigenvalue weighted by molar-refractivity contribution is 6.00. The van der Waals surface area contributed by atoms with E-state index >= 15 is 0 Å². The molecule has 1 saturated heterocycles. The monoisotopic (exact) mass is 669 g/mol. The van der Waals surface area contributed by atoms with Crippen molar-refractivity contribution in [2.24, 2.45) is 16.5 Å². The number of Topliss-reactive ketones (excluding diaryl/α,β-unsaturated/α-hetero) is 1. The number of rotatable bonds is 15. The van der Waals surface area contributed by atoms with Gasteiger partial charge in [-0.05, 0) is 48.9 Å². The van der Waals surface area contributed by atoms with Crippen LogP contribution >= 0.6 is 0 Å². The average molecular weight is 670 g/mol. The third-order valence-electron chi connectivity index (χ3n) is 8.18. The Labute approximate surface area is 285 Å². The Morgan fingerprint density at radius 2 is 1.55 bits per heavy atom. The van der Waals surface area contributed by atoms with Crippen molar-refractivity contribution >= 4 is 41.1 Å². The van der Waals surface area contributed by atoms with E-state index in [1.54, 1.807) is 42.5 Å². The number of hydrogen-bond acceptors (Lipinski definition) is 7. The molecule has 0 aromatic heterocycles. The Balaban J connectivity index is 1.45. The molecular weight excluding hydrogens is 626 g/mol. The van der Waals surface area contributed by atoms with Crippen LogP contribution in [0.3, 0.4) is 0 Å². The number of ketones is 1. The first-order valence-corrected chi connectivity index (χ1v) is 16.2. The molecule has 3 aromatic carbocycles. The maximum atomic E-state index is 13.7. The Kier molecular flexibility index (Phi) is 13.0. The molecule has 0 radical (unpaired) electrons. The lowest BCUT2D eigenvalue weighted by Gasteiger charge is -2.30. The largest absolute Gasteiger partial charge is 0.380 e. The van der Waals surface area contributed by atoms with E-state index in [9.17, 15) is 29.1 Å². The van der Waals surface area contributed by atoms with Gasteiger partial charge in [-0.25, -0.2) is 0 Å². The minimum atomic E-state index is -1.38. The predicted molar refractivity (Wildman–Crippen MR) is 185 cm³/mol. The summed E-state index contributed by atoms with van der Waals surface area (Å²) in [5, 5.41) is 18.9. The van der Waals surface area contributed by atoms with Gasteiger partial charge in [0.2, 0.25) is 23.6 Å². The van der Waals surface area contributed by atoms with Crippen molar-refractivity contribution in [3.8, 4) is 0 Å². The van der Waals surface area contributed by atoms with E-state index in [0.29, 0.717) is 42.6 Å². The summed E-state index contributed by atoms with van der Waals surface area (Å²) in [6, 6.07) is 21.2. The van der Waals surface area contributed by atoms with E-state index in [1.165, 1.54) is 24.0 Å². The molecule has 1 aliphatic heterocycles. The quantitative estimate of drug-likeness (QED) is 0.0607. The summed E-state index contributed by atoms with van der Waals surface area (Å²) in [6.07, 6.45) is 0.413. The van der Waals surface area contributed by atoms with Crippen molar-refractivity contribution in [1.29, 1.82) is 0 Å². The van der Waals surface area contributed by atoms with Crippen LogP contribution in [0.2, 0.25) is 0 Å². The fourth-order valence-electron chi connectivity index (χ4n) is 5.73. The molecule has 4 rings (SSSR count). The number of hydrogen-bond donors (Lipinski definition) is 6. The highest BCUT2D eigenvalue weighted by Crippen LogP contribution is 2.22. The number of anilines is 1. The summed E-state index contributed by atoms with van der Waals surface area (Å²) in [4.78, 5) is 71.0. The van der Waals surface area contributed by atoms with Crippen LogP contribution in [-0.2, 0) is 25.6 Å². The van der Waals surface area contributed by atoms with E-state index in [4.69, 9.17) is 11.5 Å². The standard InChI is InChI=1S/C36H43N7O6/c1-23(44)40-29(22-24-10-4-2-5-11-24)35(49)43-21-9-15-30(43)34(48)42-28(14-8-20-39-36(37)38)33(47)41-27-18-16-26(17-19-27)32(46)31(45)25-12-6-3-7-13-25/h2-7,10-13,16-19,28-30,32,46H,8-9,14-15,20-22H2,1H3,(H,40,44)(H,41,47)(H,42,48)(H4,37,38,39)/t28-,29+,30-,32?/m0/s1. The number of likely N-dealkylation sites (tertiary alicyclic amines) is 1. The van der Waals surface area contributed by atoms with E-state index in [2.05, 4.69) is 20.9 Å². The topological polar surface area (TPSA) is 209 Å². The van der Waals surface area contributed by atoms with Gasteiger partial charge < -0.3 is 37.4 Å². The highest BCUT2D eigenvalue weighted by atomic mass is 16.3. The number of benzene rings is 3. The Morgan fingerprint density at radius 1 is 0.898 bits per heavy atom. The highest BCUT2D eigenvalue weighted by Gasteiger charge is 2.38. The Morgan fingerprint density at radius 3 is 2.18 bits per heavy atom. The van der Waals surface area contributed by atoms with E-state index in [0.717, 1.165) is 5.56 Å². The molecule has 49 heavy (non-hydrogen) atoms. The number of amides is 4. The van der Waals surface area contributed by atoms with Crippen LogP contribution in [0.5, 0.6) is 0 Å². The lowest BCUT2D eigenvalue weighted by Crippen LogP contribution is -2.56. The number of aliphatic imine (C=N–C) groups is 1. The molecule has 258 valence electrons. The molecule has 8 N–H and O–H groups in total. The number of carbonyl (C=O) groups excluding carboxylic acids is 5. The van der Waals surface area contributed by atoms with Gasteiger partial charge in [-0.3, -0.25) is 29.0 Å². The first-order valence-electron chi connectivity index (χ1n) is 16.2. The fraction of sp³-hybridized carbons (Fsp3) is 0.333. The normalized spacial score (nSPS) is 15.7. The lowest BCUT2D eigenvalue weighted by atomic mass is 10.00. The van der Waals surface area contributed by atoms with Crippen LogP contribution in [-0.4, -0.2) is 76.6 Å². The molecule has 1 unspecified atom stereocenters. The van der Waals surface area contributed by atoms with Gasteiger partial charge in [0.05, 0.1) is 0 Å². The lowest BCUT2D eigenvalue weighted by molar-refractivity contribution is -0.141. The zero-order valence-corrected chi connectivity index (χ0v) is 27.4. The maximum Gasteiger partial charge on any atom is 0.246 e. The molecule has 1 heterocycles. The second kappa shape index (κ2) is 17.6. The van der Waals surface area contributed by atoms with Crippen molar-refractivity contribution in [1.82, 2.24) is 15.5 Å². The van der Waals surface area contributed by atoms with Gasteiger partial charge in [0.25, 0.3) is 0 Å². The maximum absolute atomic E-state index is 13.7. The van der Waals surface area contributed by atoms with Gasteiger partial charge in [0, 0.05) is 37.7 Å². The molecular formula is C36H43N7O6. The molecule has 1 aliphatic rings. The molecule has 13 heteroatoms. The minimum Gasteiger partial charge on any atom is -0.380 e. The number of carbonyl (C=O) groups is 5. The van der Waals surface area contributed by atoms with Gasteiger partial charge in [-0.1, -0.05) is 72.8 Å². The Bertz CT molecular complexity index is 1630. The number of aliphatic hydroxyl groups excluding tert-OH is 1. The van der Waals surface area contributed by atoms with Crippen molar-refractivity contribution in [2.75, 3.05) is 18.4 Å². The summed E-state index contributed by atoms with van der Waals surface area (Å²) < 4.78 is 0. The van der Waals surface area contributed by atoms with Crippen LogP contribution in [0.25, 0.3) is 0 Å². The third-order valence-corrected chi connectivity index (χ3v) is 8.18. The van der Waals surface area contributed by atoms with Crippen LogP contribution in [0.4, 0.5) is 5.69 Å². The molecule has 4 amide bonds. The molecule has 0 saturated carbocycles. The zero-order valence-electron chi connectivity index (χ0n) is 27.4. The number of nitrogens with two attached hydrogens (primary N) is 2. The fourth-order valence-corrected chi connectivity index (χ4v) is 5.73. The number of aliphatic hydroxyl groups is 1. The Hall–Kier alpha value is -5.56. The molecule has 4 atom stereocenters. The van der Waals surface area contributed by atoms with Crippen molar-refractivity contribution in [3.63, 3.8) is 0 Å². The van der Waals surface area contributed by atoms with Gasteiger partial charge in [-0.2, -0.15) is 0 Å². The van der Waals surface area contributed by atoms with Gasteiger partial charge in [0.1, 0.15) is 24.2 Å². The van der Waals surface area contributed by atoms with Gasteiger partial charge >= 0.3 is 0 Å². The first kappa shape index (κ1) is 36.3. The first-order chi connectivity index (χ1) is 23.5. The van der Waals surface area contributed by atoms with E-state index in [-0.39, 0.29) is 37.2 Å². The van der Waals surface area contributed by atoms with E-state index in [1.807, 2.05) is 30.3 Å².